The summed E-state index contributed by atoms with van der Waals surface area (Å²) in [4.78, 5) is 25.3. The first kappa shape index (κ1) is 15.6. The van der Waals surface area contributed by atoms with Crippen LogP contribution in [0.1, 0.15) is 44.3 Å². The van der Waals surface area contributed by atoms with Gasteiger partial charge in [0.1, 0.15) is 6.04 Å². The van der Waals surface area contributed by atoms with Gasteiger partial charge in [-0.2, -0.15) is 0 Å². The number of hydrogen-bond donors (Lipinski definition) is 2. The summed E-state index contributed by atoms with van der Waals surface area (Å²) >= 11 is 0. The quantitative estimate of drug-likeness (QED) is 0.861. The van der Waals surface area contributed by atoms with E-state index in [1.165, 1.54) is 23.3 Å². The molecule has 0 amide bonds. The number of pyridine rings is 1. The van der Waals surface area contributed by atoms with Gasteiger partial charge in [-0.3, -0.25) is 9.69 Å². The minimum atomic E-state index is -0.958. The topological polar surface area (TPSA) is 82.8 Å². The normalized spacial score (nSPS) is 17.6. The number of carboxylic acids is 1. The molecule has 1 fully saturated rings. The monoisotopic (exact) mass is 294 g/mol. The average molecular weight is 294 g/mol. The molecular weight excluding hydrogens is 272 g/mol. The average Bonchev–Trinajstić information content (AvgIpc) is 2.45. The fourth-order valence-corrected chi connectivity index (χ4v) is 2.83. The molecule has 2 rings (SSSR count). The first-order chi connectivity index (χ1) is 10.0. The van der Waals surface area contributed by atoms with Crippen molar-refractivity contribution >= 4 is 5.97 Å². The molecule has 1 unspecified atom stereocenters. The summed E-state index contributed by atoms with van der Waals surface area (Å²) in [5.41, 5.74) is 0.187. The number of likely N-dealkylation sites (tertiary alicyclic amines) is 1. The molecule has 0 saturated carbocycles. The summed E-state index contributed by atoms with van der Waals surface area (Å²) in [6.45, 7) is 4.23. The lowest BCUT2D eigenvalue weighted by molar-refractivity contribution is -0.141. The lowest BCUT2D eigenvalue weighted by Gasteiger charge is -2.28. The highest BCUT2D eigenvalue weighted by Gasteiger charge is 2.22. The molecule has 1 atom stereocenters. The summed E-state index contributed by atoms with van der Waals surface area (Å²) in [5.74, 6) is -1.36. The maximum atomic E-state index is 11.7. The Kier molecular flexibility index (Phi) is 5.01. The molecule has 6 heteroatoms. The van der Waals surface area contributed by atoms with Crippen molar-refractivity contribution in [2.24, 2.45) is 0 Å². The van der Waals surface area contributed by atoms with Crippen LogP contribution in [0.5, 0.6) is 5.75 Å². The zero-order valence-corrected chi connectivity index (χ0v) is 12.3. The Morgan fingerprint density at radius 1 is 1.33 bits per heavy atom. The molecule has 1 aliphatic heterocycles. The molecule has 0 radical (unpaired) electrons. The summed E-state index contributed by atoms with van der Waals surface area (Å²) in [6, 6.07) is 0.589. The Morgan fingerprint density at radius 2 is 2.00 bits per heavy atom. The number of carbonyl (C=O) groups is 1. The van der Waals surface area contributed by atoms with E-state index < -0.39 is 23.2 Å². The van der Waals surface area contributed by atoms with E-state index in [-0.39, 0.29) is 0 Å². The summed E-state index contributed by atoms with van der Waals surface area (Å²) in [5, 5.41) is 18.9. The van der Waals surface area contributed by atoms with E-state index in [0.717, 1.165) is 25.9 Å². The minimum Gasteiger partial charge on any atom is -0.503 e. The van der Waals surface area contributed by atoms with Crippen LogP contribution in [0.25, 0.3) is 0 Å². The van der Waals surface area contributed by atoms with Crippen molar-refractivity contribution in [1.82, 2.24) is 9.47 Å². The van der Waals surface area contributed by atoms with Crippen LogP contribution in [-0.4, -0.2) is 38.7 Å². The Labute approximate surface area is 123 Å². The molecule has 2 N–H and O–H groups in total. The SMILES string of the molecule is CCC(C(=O)O)n1cc(O)c(=O)cc1CN1CCCCC1. The van der Waals surface area contributed by atoms with Crippen LogP contribution in [0.15, 0.2) is 17.1 Å². The molecule has 116 valence electrons. The maximum absolute atomic E-state index is 11.7. The molecule has 2 heterocycles. The van der Waals surface area contributed by atoms with Crippen LogP contribution in [0.4, 0.5) is 0 Å². The number of piperidine rings is 1. The maximum Gasteiger partial charge on any atom is 0.326 e. The molecule has 0 spiro atoms. The highest BCUT2D eigenvalue weighted by molar-refractivity contribution is 5.72. The van der Waals surface area contributed by atoms with Crippen molar-refractivity contribution in [2.45, 2.75) is 45.2 Å². The van der Waals surface area contributed by atoms with E-state index in [4.69, 9.17) is 0 Å². The lowest BCUT2D eigenvalue weighted by atomic mass is 10.1. The molecule has 6 nitrogen and oxygen atoms in total. The third kappa shape index (κ3) is 3.64. The molecule has 0 bridgehead atoms. The number of hydrogen-bond acceptors (Lipinski definition) is 4. The summed E-state index contributed by atoms with van der Waals surface area (Å²) < 4.78 is 1.52. The number of aliphatic carboxylic acids is 1. The standard InChI is InChI=1S/C15H22N2O4/c1-2-12(15(20)21)17-10-14(19)13(18)8-11(17)9-16-6-4-3-5-7-16/h8,10,12,19H,2-7,9H2,1H3,(H,20,21). The van der Waals surface area contributed by atoms with E-state index in [1.807, 2.05) is 0 Å². The second-order valence-corrected chi connectivity index (χ2v) is 5.52. The first-order valence-electron chi connectivity index (χ1n) is 7.42. The van der Waals surface area contributed by atoms with Gasteiger partial charge in [0.05, 0.1) is 6.20 Å². The minimum absolute atomic E-state index is 0.393. The molecular formula is C15H22N2O4. The van der Waals surface area contributed by atoms with Crippen molar-refractivity contribution in [3.63, 3.8) is 0 Å². The van der Waals surface area contributed by atoms with E-state index in [1.54, 1.807) is 6.92 Å². The number of aromatic hydroxyl groups is 1. The molecule has 1 aromatic rings. The third-order valence-electron chi connectivity index (χ3n) is 3.99. The van der Waals surface area contributed by atoms with Gasteiger partial charge in [0.25, 0.3) is 0 Å². The van der Waals surface area contributed by atoms with E-state index in [9.17, 15) is 19.8 Å². The Morgan fingerprint density at radius 3 is 2.57 bits per heavy atom. The van der Waals surface area contributed by atoms with Crippen molar-refractivity contribution in [1.29, 1.82) is 0 Å². The highest BCUT2D eigenvalue weighted by Crippen LogP contribution is 2.19. The van der Waals surface area contributed by atoms with E-state index in [0.29, 0.717) is 18.7 Å². The number of carboxylic acid groups (broad SMARTS) is 1. The number of nitrogens with zero attached hydrogens (tertiary/aromatic N) is 2. The van der Waals surface area contributed by atoms with Gasteiger partial charge < -0.3 is 14.8 Å². The fraction of sp³-hybridized carbons (Fsp3) is 0.600. The molecule has 21 heavy (non-hydrogen) atoms. The van der Waals surface area contributed by atoms with Gasteiger partial charge >= 0.3 is 5.97 Å². The molecule has 1 aromatic heterocycles. The van der Waals surface area contributed by atoms with Crippen molar-refractivity contribution in [3.05, 3.63) is 28.2 Å². The lowest BCUT2D eigenvalue weighted by Crippen LogP contribution is -2.32. The highest BCUT2D eigenvalue weighted by atomic mass is 16.4. The predicted octanol–water partition coefficient (Wildman–Crippen LogP) is 1.58. The Bertz CT molecular complexity index is 561. The van der Waals surface area contributed by atoms with Crippen LogP contribution in [0, 0.1) is 0 Å². The van der Waals surface area contributed by atoms with Crippen molar-refractivity contribution < 1.29 is 15.0 Å². The zero-order chi connectivity index (χ0) is 15.4. The van der Waals surface area contributed by atoms with Crippen LogP contribution in [0.2, 0.25) is 0 Å². The third-order valence-corrected chi connectivity index (χ3v) is 3.99. The van der Waals surface area contributed by atoms with E-state index >= 15 is 0 Å². The van der Waals surface area contributed by atoms with Gasteiger partial charge in [-0.15, -0.1) is 0 Å². The van der Waals surface area contributed by atoms with Crippen molar-refractivity contribution in [2.75, 3.05) is 13.1 Å². The van der Waals surface area contributed by atoms with Gasteiger partial charge in [0, 0.05) is 18.3 Å². The number of aromatic nitrogens is 1. The van der Waals surface area contributed by atoms with Gasteiger partial charge in [0.2, 0.25) is 5.43 Å². The van der Waals surface area contributed by atoms with Gasteiger partial charge in [0.15, 0.2) is 5.75 Å². The smallest absolute Gasteiger partial charge is 0.326 e. The predicted molar refractivity (Wildman–Crippen MR) is 78.5 cm³/mol. The zero-order valence-electron chi connectivity index (χ0n) is 12.3. The second kappa shape index (κ2) is 6.76. The van der Waals surface area contributed by atoms with E-state index in [2.05, 4.69) is 4.90 Å². The van der Waals surface area contributed by atoms with Crippen LogP contribution < -0.4 is 5.43 Å². The van der Waals surface area contributed by atoms with Gasteiger partial charge in [-0.25, -0.2) is 4.79 Å². The molecule has 0 aliphatic carbocycles. The van der Waals surface area contributed by atoms with Gasteiger partial charge in [-0.05, 0) is 32.4 Å². The Balaban J connectivity index is 2.35. The van der Waals surface area contributed by atoms with Crippen molar-refractivity contribution in [3.8, 4) is 5.75 Å². The Hall–Kier alpha value is -1.82. The fourth-order valence-electron chi connectivity index (χ4n) is 2.83. The molecule has 1 aliphatic rings. The van der Waals surface area contributed by atoms with Crippen LogP contribution in [-0.2, 0) is 11.3 Å². The van der Waals surface area contributed by atoms with Crippen LogP contribution in [0.3, 0.4) is 0 Å². The number of rotatable bonds is 5. The molecule has 0 aromatic carbocycles. The largest absolute Gasteiger partial charge is 0.503 e. The van der Waals surface area contributed by atoms with Crippen LogP contribution >= 0.6 is 0 Å². The summed E-state index contributed by atoms with van der Waals surface area (Å²) in [6.07, 6.45) is 5.11. The first-order valence-corrected chi connectivity index (χ1v) is 7.42. The second-order valence-electron chi connectivity index (χ2n) is 5.52. The van der Waals surface area contributed by atoms with Gasteiger partial charge in [-0.1, -0.05) is 13.3 Å². The summed E-state index contributed by atoms with van der Waals surface area (Å²) in [7, 11) is 0. The molecule has 1 saturated heterocycles.